The highest BCUT2D eigenvalue weighted by molar-refractivity contribution is 9.10. The van der Waals surface area contributed by atoms with Crippen LogP contribution in [0.3, 0.4) is 0 Å². The first-order valence-electron chi connectivity index (χ1n) is 7.77. The highest BCUT2D eigenvalue weighted by Gasteiger charge is 2.27. The van der Waals surface area contributed by atoms with E-state index in [1.54, 1.807) is 0 Å². The topological polar surface area (TPSA) is 35.2 Å². The molecule has 3 heteroatoms. The van der Waals surface area contributed by atoms with Gasteiger partial charge in [0.2, 0.25) is 0 Å². The van der Waals surface area contributed by atoms with Crippen LogP contribution in [0.4, 0.5) is 0 Å². The van der Waals surface area contributed by atoms with Gasteiger partial charge in [-0.25, -0.2) is 0 Å². The van der Waals surface area contributed by atoms with Gasteiger partial charge in [0, 0.05) is 10.5 Å². The Hall–Kier alpha value is -0.380. The molecule has 2 N–H and O–H groups in total. The van der Waals surface area contributed by atoms with Crippen molar-refractivity contribution in [3.63, 3.8) is 0 Å². The number of halogens is 1. The van der Waals surface area contributed by atoms with Gasteiger partial charge in [0.25, 0.3) is 0 Å². The summed E-state index contributed by atoms with van der Waals surface area (Å²) in [5.74, 6) is 0.770. The van der Waals surface area contributed by atoms with E-state index in [9.17, 15) is 0 Å². The lowest BCUT2D eigenvalue weighted by Crippen LogP contribution is -2.34. The first-order chi connectivity index (χ1) is 9.61. The van der Waals surface area contributed by atoms with Crippen molar-refractivity contribution in [2.24, 2.45) is 11.7 Å². The van der Waals surface area contributed by atoms with Gasteiger partial charge in [0.05, 0.1) is 12.2 Å². The summed E-state index contributed by atoms with van der Waals surface area (Å²) in [6.07, 6.45) is 6.21. The van der Waals surface area contributed by atoms with Crippen molar-refractivity contribution in [2.45, 2.75) is 64.2 Å². The summed E-state index contributed by atoms with van der Waals surface area (Å²) >= 11 is 3.64. The molecule has 0 aliphatic heterocycles. The van der Waals surface area contributed by atoms with Crippen LogP contribution < -0.4 is 5.73 Å². The number of benzene rings is 1. The van der Waals surface area contributed by atoms with Crippen LogP contribution in [0.15, 0.2) is 28.7 Å². The van der Waals surface area contributed by atoms with Crippen LogP contribution in [0.25, 0.3) is 0 Å². The molecule has 4 atom stereocenters. The molecular formula is C17H26BrNO. The van der Waals surface area contributed by atoms with Gasteiger partial charge < -0.3 is 10.5 Å². The molecule has 1 aliphatic carbocycles. The standard InChI is InChI=1S/C17H26BrNO/c1-3-16(19)17(14-9-4-5-10-15(14)18)20-13-8-6-7-12(2)11-13/h4-5,9-10,12-13,16-17H,3,6-8,11,19H2,1-2H3. The van der Waals surface area contributed by atoms with E-state index in [0.29, 0.717) is 6.10 Å². The Morgan fingerprint density at radius 1 is 1.35 bits per heavy atom. The van der Waals surface area contributed by atoms with Crippen molar-refractivity contribution < 1.29 is 4.74 Å². The van der Waals surface area contributed by atoms with Crippen LogP contribution in [0.5, 0.6) is 0 Å². The molecular weight excluding hydrogens is 314 g/mol. The van der Waals surface area contributed by atoms with Gasteiger partial charge in [-0.05, 0) is 36.8 Å². The maximum absolute atomic E-state index is 6.43. The van der Waals surface area contributed by atoms with E-state index < -0.39 is 0 Å². The summed E-state index contributed by atoms with van der Waals surface area (Å²) in [6.45, 7) is 4.45. The van der Waals surface area contributed by atoms with Gasteiger partial charge in [-0.1, -0.05) is 60.8 Å². The molecule has 20 heavy (non-hydrogen) atoms. The van der Waals surface area contributed by atoms with Gasteiger partial charge >= 0.3 is 0 Å². The summed E-state index contributed by atoms with van der Waals surface area (Å²) in [7, 11) is 0. The molecule has 0 radical (unpaired) electrons. The zero-order valence-electron chi connectivity index (χ0n) is 12.5. The summed E-state index contributed by atoms with van der Waals surface area (Å²) in [5, 5.41) is 0. The third kappa shape index (κ3) is 4.06. The summed E-state index contributed by atoms with van der Waals surface area (Å²) < 4.78 is 7.52. The molecule has 1 aromatic rings. The zero-order chi connectivity index (χ0) is 14.5. The second-order valence-electron chi connectivity index (χ2n) is 6.04. The lowest BCUT2D eigenvalue weighted by atomic mass is 9.88. The molecule has 0 spiro atoms. The van der Waals surface area contributed by atoms with Crippen molar-refractivity contribution >= 4 is 15.9 Å². The van der Waals surface area contributed by atoms with Gasteiger partial charge in [0.1, 0.15) is 0 Å². The Kier molecular flexibility index (Phi) is 6.06. The average Bonchev–Trinajstić information content (AvgIpc) is 2.45. The smallest absolute Gasteiger partial charge is 0.0990 e. The summed E-state index contributed by atoms with van der Waals surface area (Å²) in [5.41, 5.74) is 7.50. The van der Waals surface area contributed by atoms with Gasteiger partial charge in [-0.15, -0.1) is 0 Å². The minimum atomic E-state index is -0.00845. The molecule has 0 saturated heterocycles. The fourth-order valence-corrected chi connectivity index (χ4v) is 3.54. The summed E-state index contributed by atoms with van der Waals surface area (Å²) in [4.78, 5) is 0. The molecule has 0 amide bonds. The fraction of sp³-hybridized carbons (Fsp3) is 0.647. The lowest BCUT2D eigenvalue weighted by Gasteiger charge is -2.33. The average molecular weight is 340 g/mol. The SMILES string of the molecule is CCC(N)C(OC1CCCC(C)C1)c1ccccc1Br. The van der Waals surface area contributed by atoms with Gasteiger partial charge in [-0.2, -0.15) is 0 Å². The van der Waals surface area contributed by atoms with E-state index in [-0.39, 0.29) is 12.1 Å². The van der Waals surface area contributed by atoms with Gasteiger partial charge in [0.15, 0.2) is 0 Å². The number of ether oxygens (including phenoxy) is 1. The molecule has 4 unspecified atom stereocenters. The molecule has 0 aromatic heterocycles. The summed E-state index contributed by atoms with van der Waals surface area (Å²) in [6, 6.07) is 8.33. The molecule has 112 valence electrons. The van der Waals surface area contributed by atoms with Crippen molar-refractivity contribution in [1.82, 2.24) is 0 Å². The van der Waals surface area contributed by atoms with Crippen molar-refractivity contribution in [3.05, 3.63) is 34.3 Å². The van der Waals surface area contributed by atoms with E-state index in [1.165, 1.54) is 24.8 Å². The van der Waals surface area contributed by atoms with Crippen LogP contribution in [0.1, 0.15) is 57.6 Å². The van der Waals surface area contributed by atoms with E-state index in [1.807, 2.05) is 6.07 Å². The largest absolute Gasteiger partial charge is 0.369 e. The first kappa shape index (κ1) is 16.0. The monoisotopic (exact) mass is 339 g/mol. The zero-order valence-corrected chi connectivity index (χ0v) is 14.1. The Morgan fingerprint density at radius 2 is 2.10 bits per heavy atom. The number of nitrogens with two attached hydrogens (primary N) is 1. The molecule has 1 fully saturated rings. The highest BCUT2D eigenvalue weighted by Crippen LogP contribution is 2.34. The molecule has 0 bridgehead atoms. The van der Waals surface area contributed by atoms with Crippen molar-refractivity contribution in [3.8, 4) is 0 Å². The molecule has 2 nitrogen and oxygen atoms in total. The third-order valence-corrected chi connectivity index (χ3v) is 5.02. The van der Waals surface area contributed by atoms with E-state index in [4.69, 9.17) is 10.5 Å². The normalized spacial score (nSPS) is 26.2. The molecule has 2 rings (SSSR count). The quantitative estimate of drug-likeness (QED) is 0.834. The Balaban J connectivity index is 2.14. The van der Waals surface area contributed by atoms with E-state index in [0.717, 1.165) is 23.2 Å². The van der Waals surface area contributed by atoms with Crippen LogP contribution in [-0.4, -0.2) is 12.1 Å². The van der Waals surface area contributed by atoms with Crippen LogP contribution in [0, 0.1) is 5.92 Å². The van der Waals surface area contributed by atoms with E-state index >= 15 is 0 Å². The first-order valence-corrected chi connectivity index (χ1v) is 8.56. The molecule has 1 aliphatic rings. The predicted octanol–water partition coefficient (Wildman–Crippen LogP) is 4.82. The Morgan fingerprint density at radius 3 is 2.75 bits per heavy atom. The highest BCUT2D eigenvalue weighted by atomic mass is 79.9. The second kappa shape index (κ2) is 7.58. The van der Waals surface area contributed by atoms with Crippen molar-refractivity contribution in [1.29, 1.82) is 0 Å². The van der Waals surface area contributed by atoms with E-state index in [2.05, 4.69) is 48.0 Å². The molecule has 1 saturated carbocycles. The van der Waals surface area contributed by atoms with Crippen LogP contribution in [-0.2, 0) is 4.74 Å². The number of rotatable bonds is 5. The minimum absolute atomic E-state index is 0.00845. The third-order valence-electron chi connectivity index (χ3n) is 4.30. The van der Waals surface area contributed by atoms with Gasteiger partial charge in [-0.3, -0.25) is 0 Å². The Labute approximate surface area is 131 Å². The number of hydrogen-bond acceptors (Lipinski definition) is 2. The Bertz CT molecular complexity index is 423. The van der Waals surface area contributed by atoms with Crippen LogP contribution >= 0.6 is 15.9 Å². The fourth-order valence-electron chi connectivity index (χ4n) is 3.03. The minimum Gasteiger partial charge on any atom is -0.369 e. The maximum Gasteiger partial charge on any atom is 0.0990 e. The molecule has 0 heterocycles. The maximum atomic E-state index is 6.43. The van der Waals surface area contributed by atoms with Crippen molar-refractivity contribution in [2.75, 3.05) is 0 Å². The lowest BCUT2D eigenvalue weighted by molar-refractivity contribution is -0.0521. The predicted molar refractivity (Wildman–Crippen MR) is 87.7 cm³/mol. The molecule has 1 aromatic carbocycles. The second-order valence-corrected chi connectivity index (χ2v) is 6.90. The van der Waals surface area contributed by atoms with Crippen LogP contribution in [0.2, 0.25) is 0 Å². The number of hydrogen-bond donors (Lipinski definition) is 1.